The number of benzene rings is 1. The highest BCUT2D eigenvalue weighted by Gasteiger charge is 2.45. The first-order valence-electron chi connectivity index (χ1n) is 10.3. The number of aromatic hydroxyl groups is 1. The van der Waals surface area contributed by atoms with Crippen molar-refractivity contribution in [1.82, 2.24) is 14.6 Å². The molecule has 7 nitrogen and oxygen atoms in total. The van der Waals surface area contributed by atoms with E-state index in [1.54, 1.807) is 15.9 Å². The van der Waals surface area contributed by atoms with E-state index in [-0.39, 0.29) is 11.9 Å². The second-order valence-corrected chi connectivity index (χ2v) is 8.98. The zero-order valence-corrected chi connectivity index (χ0v) is 17.7. The Morgan fingerprint density at radius 3 is 2.52 bits per heavy atom. The quantitative estimate of drug-likeness (QED) is 0.681. The molecule has 1 aromatic carbocycles. The topological polar surface area (TPSA) is 73.3 Å². The lowest BCUT2D eigenvalue weighted by Gasteiger charge is -2.38. The van der Waals surface area contributed by atoms with Crippen molar-refractivity contribution in [3.8, 4) is 5.88 Å². The highest BCUT2D eigenvalue weighted by molar-refractivity contribution is 7.17. The Balaban J connectivity index is 1.52. The summed E-state index contributed by atoms with van der Waals surface area (Å²) < 4.78 is 13.4. The molecule has 0 unspecified atom stereocenters. The van der Waals surface area contributed by atoms with E-state index in [1.165, 1.54) is 16.0 Å². The summed E-state index contributed by atoms with van der Waals surface area (Å²) in [6.07, 6.45) is 2.49. The van der Waals surface area contributed by atoms with Crippen LogP contribution in [0.1, 0.15) is 47.6 Å². The van der Waals surface area contributed by atoms with Crippen LogP contribution in [0.3, 0.4) is 0 Å². The number of hydrogen-bond donors (Lipinski definition) is 2. The minimum Gasteiger partial charge on any atom is -0.492 e. The zero-order valence-electron chi connectivity index (χ0n) is 16.9. The molecule has 2 aliphatic rings. The van der Waals surface area contributed by atoms with Crippen molar-refractivity contribution >= 4 is 16.3 Å². The largest absolute Gasteiger partial charge is 0.492 e. The first-order chi connectivity index (χ1) is 14.1. The number of hydrogen-bond acceptors (Lipinski definition) is 6. The Morgan fingerprint density at radius 1 is 1.21 bits per heavy atom. The zero-order chi connectivity index (χ0) is 20.0. The van der Waals surface area contributed by atoms with E-state index >= 15 is 0 Å². The average molecular weight is 416 g/mol. The second kappa shape index (κ2) is 7.36. The molecule has 0 radical (unpaired) electrons. The third-order valence-electron chi connectivity index (χ3n) is 6.11. The second-order valence-electron chi connectivity index (χ2n) is 7.98. The number of quaternary nitrogens is 1. The van der Waals surface area contributed by atoms with Gasteiger partial charge < -0.3 is 19.5 Å². The van der Waals surface area contributed by atoms with Gasteiger partial charge in [0.25, 0.3) is 0 Å². The maximum absolute atomic E-state index is 11.0. The number of likely N-dealkylation sites (tertiary alicyclic amines) is 1. The molecule has 2 saturated heterocycles. The summed E-state index contributed by atoms with van der Waals surface area (Å²) >= 11 is 1.54. The summed E-state index contributed by atoms with van der Waals surface area (Å²) in [4.78, 5) is 7.65. The van der Waals surface area contributed by atoms with Gasteiger partial charge in [-0.2, -0.15) is 4.52 Å². The van der Waals surface area contributed by atoms with Gasteiger partial charge in [-0.25, -0.2) is 4.98 Å². The fraction of sp³-hybridized carbons (Fsp3) is 0.524. The lowest BCUT2D eigenvalue weighted by Crippen LogP contribution is -3.14. The monoisotopic (exact) mass is 415 g/mol. The van der Waals surface area contributed by atoms with Gasteiger partial charge in [0.2, 0.25) is 10.8 Å². The van der Waals surface area contributed by atoms with Gasteiger partial charge in [0, 0.05) is 12.0 Å². The fourth-order valence-electron chi connectivity index (χ4n) is 4.49. The van der Waals surface area contributed by atoms with Gasteiger partial charge in [0.15, 0.2) is 17.7 Å². The number of piperidine rings is 1. The van der Waals surface area contributed by atoms with Crippen LogP contribution < -0.4 is 4.90 Å². The third kappa shape index (κ3) is 3.34. The van der Waals surface area contributed by atoms with E-state index in [1.807, 2.05) is 6.92 Å². The maximum atomic E-state index is 11.0. The van der Waals surface area contributed by atoms with Gasteiger partial charge in [-0.3, -0.25) is 0 Å². The molecule has 1 atom stereocenters. The minimum absolute atomic E-state index is 0.0351. The molecule has 0 amide bonds. The first-order valence-corrected chi connectivity index (χ1v) is 11.2. The lowest BCUT2D eigenvalue weighted by molar-refractivity contribution is -0.933. The van der Waals surface area contributed by atoms with E-state index in [2.05, 4.69) is 41.3 Å². The van der Waals surface area contributed by atoms with E-state index in [0.29, 0.717) is 13.2 Å². The Bertz CT molecular complexity index is 997. The standard InChI is InChI=1S/C21H26N4O3S/c1-3-16-22-20-25(23-16)19(26)18(29-20)17(15-6-4-14(2)5-7-15)24-10-8-21(9-11-24)27-12-13-28-21/h4-7,17,26H,3,8-13H2,1-2H3/p+1/t17-/m1/s1. The predicted octanol–water partition coefficient (Wildman–Crippen LogP) is 1.88. The van der Waals surface area contributed by atoms with Crippen LogP contribution in [0.15, 0.2) is 24.3 Å². The van der Waals surface area contributed by atoms with E-state index in [4.69, 9.17) is 9.47 Å². The van der Waals surface area contributed by atoms with Gasteiger partial charge in [0.1, 0.15) is 4.88 Å². The minimum atomic E-state index is -0.398. The molecule has 2 aliphatic heterocycles. The highest BCUT2D eigenvalue weighted by Crippen LogP contribution is 2.36. The maximum Gasteiger partial charge on any atom is 0.235 e. The van der Waals surface area contributed by atoms with Crippen molar-refractivity contribution in [3.63, 3.8) is 0 Å². The van der Waals surface area contributed by atoms with Gasteiger partial charge in [-0.05, 0) is 6.92 Å². The number of ether oxygens (including phenoxy) is 2. The van der Waals surface area contributed by atoms with E-state index < -0.39 is 5.79 Å². The van der Waals surface area contributed by atoms with Crippen molar-refractivity contribution in [2.24, 2.45) is 0 Å². The average Bonchev–Trinajstić information content (AvgIpc) is 3.43. The summed E-state index contributed by atoms with van der Waals surface area (Å²) in [5.41, 5.74) is 2.43. The van der Waals surface area contributed by atoms with Gasteiger partial charge >= 0.3 is 0 Å². The number of nitrogens with zero attached hydrogens (tertiary/aromatic N) is 3. The smallest absolute Gasteiger partial charge is 0.235 e. The lowest BCUT2D eigenvalue weighted by atomic mass is 9.97. The van der Waals surface area contributed by atoms with Crippen molar-refractivity contribution in [3.05, 3.63) is 46.1 Å². The molecule has 154 valence electrons. The summed E-state index contributed by atoms with van der Waals surface area (Å²) in [6.45, 7) is 7.33. The molecule has 4 heterocycles. The number of fused-ring (bicyclic) bond motifs is 1. The molecule has 2 fully saturated rings. The Kier molecular flexibility index (Phi) is 4.82. The molecule has 2 aromatic heterocycles. The molecule has 3 aromatic rings. The van der Waals surface area contributed by atoms with Crippen molar-refractivity contribution in [1.29, 1.82) is 0 Å². The summed E-state index contributed by atoms with van der Waals surface area (Å²) in [5.74, 6) is 0.571. The molecular weight excluding hydrogens is 388 g/mol. The molecule has 2 N–H and O–H groups in total. The van der Waals surface area contributed by atoms with Gasteiger partial charge in [-0.1, -0.05) is 48.1 Å². The molecule has 8 heteroatoms. The molecule has 0 bridgehead atoms. The molecule has 1 spiro atoms. The summed E-state index contributed by atoms with van der Waals surface area (Å²) in [7, 11) is 0. The Morgan fingerprint density at radius 2 is 1.90 bits per heavy atom. The van der Waals surface area contributed by atoms with Crippen molar-refractivity contribution in [2.75, 3.05) is 26.3 Å². The number of rotatable bonds is 4. The molecule has 0 aliphatic carbocycles. The fourth-order valence-corrected chi connectivity index (χ4v) is 5.65. The van der Waals surface area contributed by atoms with Gasteiger partial charge in [0.05, 0.1) is 39.1 Å². The van der Waals surface area contributed by atoms with Crippen molar-refractivity contribution in [2.45, 2.75) is 44.9 Å². The normalized spacial score (nSPS) is 20.6. The Hall–Kier alpha value is -2.00. The Labute approximate surface area is 173 Å². The molecular formula is C21H27N4O3S+. The molecule has 0 saturated carbocycles. The molecule has 5 rings (SSSR count). The number of nitrogens with one attached hydrogen (secondary N) is 1. The van der Waals surface area contributed by atoms with Crippen LogP contribution in [0.2, 0.25) is 0 Å². The van der Waals surface area contributed by atoms with Crippen molar-refractivity contribution < 1.29 is 19.5 Å². The summed E-state index contributed by atoms with van der Waals surface area (Å²) in [6, 6.07) is 8.66. The van der Waals surface area contributed by atoms with Crippen LogP contribution in [-0.4, -0.2) is 51.8 Å². The summed E-state index contributed by atoms with van der Waals surface area (Å²) in [5, 5.41) is 15.5. The van der Waals surface area contributed by atoms with E-state index in [0.717, 1.165) is 48.0 Å². The number of thiazole rings is 1. The van der Waals surface area contributed by atoms with Gasteiger partial charge in [-0.15, -0.1) is 5.10 Å². The molecule has 29 heavy (non-hydrogen) atoms. The van der Waals surface area contributed by atoms with Crippen LogP contribution in [0, 0.1) is 6.92 Å². The van der Waals surface area contributed by atoms with Crippen LogP contribution in [0.4, 0.5) is 0 Å². The van der Waals surface area contributed by atoms with Crippen LogP contribution in [-0.2, 0) is 15.9 Å². The number of aromatic nitrogens is 3. The van der Waals surface area contributed by atoms with E-state index in [9.17, 15) is 5.11 Å². The van der Waals surface area contributed by atoms with Crippen LogP contribution in [0.5, 0.6) is 5.88 Å². The van der Waals surface area contributed by atoms with Crippen LogP contribution in [0.25, 0.3) is 4.96 Å². The predicted molar refractivity (Wildman–Crippen MR) is 109 cm³/mol. The van der Waals surface area contributed by atoms with Crippen LogP contribution >= 0.6 is 11.3 Å². The third-order valence-corrected chi connectivity index (χ3v) is 7.19. The first kappa shape index (κ1) is 19.0. The highest BCUT2D eigenvalue weighted by atomic mass is 32.1. The SMILES string of the molecule is CCc1nc2sc([C@@H](c3ccc(C)cc3)[NH+]3CCC4(CC3)OCCO4)c(O)n2n1. The number of aryl methyl sites for hydroxylation is 2.